The normalized spacial score (nSPS) is 11.6. The molecule has 2 N–H and O–H groups in total. The quantitative estimate of drug-likeness (QED) is 0.583. The highest BCUT2D eigenvalue weighted by Gasteiger charge is 2.25. The molecule has 0 aromatic carbocycles. The van der Waals surface area contributed by atoms with Crippen molar-refractivity contribution in [2.75, 3.05) is 31.8 Å². The molecule has 0 aliphatic carbocycles. The first-order chi connectivity index (χ1) is 8.88. The Morgan fingerprint density at radius 1 is 1.42 bits per heavy atom. The number of carbonyl (C=O) groups excluding carboxylic acids is 1. The van der Waals surface area contributed by atoms with E-state index in [0.717, 1.165) is 0 Å². The lowest BCUT2D eigenvalue weighted by Gasteiger charge is -2.18. The number of aromatic nitrogens is 2. The Morgan fingerprint density at radius 3 is 2.47 bits per heavy atom. The van der Waals surface area contributed by atoms with Crippen LogP contribution in [0, 0.1) is 10.1 Å². The fraction of sp³-hybridized carbons (Fsp3) is 0.500. The predicted octanol–water partition coefficient (Wildman–Crippen LogP) is 0.315. The van der Waals surface area contributed by atoms with Gasteiger partial charge in [-0.2, -0.15) is 0 Å². The third kappa shape index (κ3) is 3.27. The van der Waals surface area contributed by atoms with Gasteiger partial charge in [-0.25, -0.2) is 9.97 Å². The average molecular weight is 268 g/mol. The minimum absolute atomic E-state index is 0.00653. The third-order valence-corrected chi connectivity index (χ3v) is 2.41. The molecule has 0 spiro atoms. The highest BCUT2D eigenvalue weighted by atomic mass is 16.6. The predicted molar refractivity (Wildman–Crippen MR) is 70.0 cm³/mol. The summed E-state index contributed by atoms with van der Waals surface area (Å²) in [5.74, 6) is -0.113. The summed E-state index contributed by atoms with van der Waals surface area (Å²) in [6.07, 6.45) is 1.19. The molecule has 1 aromatic rings. The smallest absolute Gasteiger partial charge is 0.353 e. The molecule has 9 nitrogen and oxygen atoms in total. The zero-order valence-corrected chi connectivity index (χ0v) is 11.2. The lowest BCUT2D eigenvalue weighted by molar-refractivity contribution is -0.383. The number of nitro groups is 1. The van der Waals surface area contributed by atoms with Crippen LogP contribution in [0.4, 0.5) is 17.3 Å². The summed E-state index contributed by atoms with van der Waals surface area (Å²) in [5.41, 5.74) is -0.289. The molecule has 0 aliphatic heterocycles. The molecule has 1 aromatic heterocycles. The highest BCUT2D eigenvalue weighted by Crippen LogP contribution is 2.28. The van der Waals surface area contributed by atoms with E-state index in [0.29, 0.717) is 0 Å². The molecule has 0 aliphatic rings. The first-order valence-corrected chi connectivity index (χ1v) is 5.53. The van der Waals surface area contributed by atoms with Gasteiger partial charge in [0.25, 0.3) is 0 Å². The number of hydrogen-bond donors (Lipinski definition) is 2. The van der Waals surface area contributed by atoms with E-state index in [9.17, 15) is 14.9 Å². The molecule has 1 amide bonds. The Bertz CT molecular complexity index is 490. The van der Waals surface area contributed by atoms with Crippen molar-refractivity contribution < 1.29 is 9.72 Å². The van der Waals surface area contributed by atoms with Gasteiger partial charge in [-0.05, 0) is 6.92 Å². The first kappa shape index (κ1) is 14.6. The molecule has 0 radical (unpaired) electrons. The highest BCUT2D eigenvalue weighted by molar-refractivity contribution is 5.84. The Kier molecular flexibility index (Phi) is 4.56. The number of rotatable bonds is 5. The molecule has 1 atom stereocenters. The summed E-state index contributed by atoms with van der Waals surface area (Å²) < 4.78 is 0. The van der Waals surface area contributed by atoms with Gasteiger partial charge in [-0.15, -0.1) is 0 Å². The van der Waals surface area contributed by atoms with E-state index in [-0.39, 0.29) is 23.2 Å². The molecule has 0 fully saturated rings. The van der Waals surface area contributed by atoms with Crippen LogP contribution in [-0.4, -0.2) is 52.9 Å². The van der Waals surface area contributed by atoms with Crippen LogP contribution in [0.15, 0.2) is 6.33 Å². The largest absolute Gasteiger partial charge is 0.367 e. The molecule has 0 bridgehead atoms. The van der Waals surface area contributed by atoms with Crippen molar-refractivity contribution in [1.82, 2.24) is 14.9 Å². The van der Waals surface area contributed by atoms with Gasteiger partial charge >= 0.3 is 5.69 Å². The van der Waals surface area contributed by atoms with Gasteiger partial charge in [0.1, 0.15) is 12.4 Å². The maximum Gasteiger partial charge on any atom is 0.353 e. The molecule has 1 rings (SSSR count). The van der Waals surface area contributed by atoms with Gasteiger partial charge in [-0.3, -0.25) is 14.9 Å². The van der Waals surface area contributed by atoms with E-state index in [1.807, 2.05) is 0 Å². The van der Waals surface area contributed by atoms with Gasteiger partial charge in [0.05, 0.1) is 4.92 Å². The maximum atomic E-state index is 11.7. The van der Waals surface area contributed by atoms with E-state index in [1.165, 1.54) is 18.3 Å². The molecular formula is C10H16N6O3. The van der Waals surface area contributed by atoms with Crippen LogP contribution < -0.4 is 10.6 Å². The fourth-order valence-electron chi connectivity index (χ4n) is 1.49. The molecule has 9 heteroatoms. The second-order valence-electron chi connectivity index (χ2n) is 4.03. The molecular weight excluding hydrogens is 252 g/mol. The van der Waals surface area contributed by atoms with Crippen molar-refractivity contribution in [3.05, 3.63) is 16.4 Å². The van der Waals surface area contributed by atoms with Crippen LogP contribution in [0.3, 0.4) is 0 Å². The average Bonchev–Trinajstić information content (AvgIpc) is 2.36. The van der Waals surface area contributed by atoms with Crippen molar-refractivity contribution in [2.24, 2.45) is 0 Å². The van der Waals surface area contributed by atoms with E-state index in [2.05, 4.69) is 20.6 Å². The zero-order valence-electron chi connectivity index (χ0n) is 11.2. The molecule has 19 heavy (non-hydrogen) atoms. The first-order valence-electron chi connectivity index (χ1n) is 5.53. The SMILES string of the molecule is CNc1ncnc(NC(C)C(=O)N(C)C)c1[N+](=O)[O-]. The van der Waals surface area contributed by atoms with Crippen LogP contribution in [0.2, 0.25) is 0 Å². The minimum Gasteiger partial charge on any atom is -0.367 e. The summed E-state index contributed by atoms with van der Waals surface area (Å²) in [7, 11) is 4.73. The molecule has 1 heterocycles. The van der Waals surface area contributed by atoms with E-state index in [1.54, 1.807) is 21.0 Å². The van der Waals surface area contributed by atoms with E-state index in [4.69, 9.17) is 0 Å². The summed E-state index contributed by atoms with van der Waals surface area (Å²) in [6.45, 7) is 1.60. The minimum atomic E-state index is -0.631. The van der Waals surface area contributed by atoms with Crippen LogP contribution in [0.5, 0.6) is 0 Å². The Labute approximate surface area is 110 Å². The Balaban J connectivity index is 3.08. The molecule has 0 saturated carbocycles. The Hall–Kier alpha value is -2.45. The van der Waals surface area contributed by atoms with E-state index >= 15 is 0 Å². The van der Waals surface area contributed by atoms with Gasteiger partial charge in [0.2, 0.25) is 17.5 Å². The van der Waals surface area contributed by atoms with Crippen molar-refractivity contribution in [2.45, 2.75) is 13.0 Å². The van der Waals surface area contributed by atoms with Gasteiger partial charge in [-0.1, -0.05) is 0 Å². The number of likely N-dealkylation sites (N-methyl/N-ethyl adjacent to an activating group) is 1. The number of carbonyl (C=O) groups is 1. The van der Waals surface area contributed by atoms with Crippen molar-refractivity contribution in [3.8, 4) is 0 Å². The summed E-state index contributed by atoms with van der Waals surface area (Å²) >= 11 is 0. The van der Waals surface area contributed by atoms with Crippen LogP contribution in [0.25, 0.3) is 0 Å². The summed E-state index contributed by atoms with van der Waals surface area (Å²) in [5, 5.41) is 16.4. The number of nitrogens with one attached hydrogen (secondary N) is 2. The fourth-order valence-corrected chi connectivity index (χ4v) is 1.49. The van der Waals surface area contributed by atoms with Crippen molar-refractivity contribution in [3.63, 3.8) is 0 Å². The topological polar surface area (TPSA) is 113 Å². The van der Waals surface area contributed by atoms with Gasteiger partial charge in [0, 0.05) is 21.1 Å². The van der Waals surface area contributed by atoms with Crippen molar-refractivity contribution in [1.29, 1.82) is 0 Å². The van der Waals surface area contributed by atoms with Crippen LogP contribution >= 0.6 is 0 Å². The third-order valence-electron chi connectivity index (χ3n) is 2.41. The standard InChI is InChI=1S/C10H16N6O3/c1-6(10(17)15(3)4)14-9-7(16(18)19)8(11-2)12-5-13-9/h5-6H,1-4H3,(H2,11,12,13,14). The van der Waals surface area contributed by atoms with Crippen molar-refractivity contribution >= 4 is 23.2 Å². The second kappa shape index (κ2) is 5.94. The summed E-state index contributed by atoms with van der Waals surface area (Å²) in [4.78, 5) is 31.1. The lowest BCUT2D eigenvalue weighted by Crippen LogP contribution is -2.37. The number of amides is 1. The summed E-state index contributed by atoms with van der Waals surface area (Å²) in [6, 6.07) is -0.631. The lowest BCUT2D eigenvalue weighted by atomic mass is 10.3. The van der Waals surface area contributed by atoms with Gasteiger partial charge in [0.15, 0.2) is 0 Å². The molecule has 1 unspecified atom stereocenters. The maximum absolute atomic E-state index is 11.7. The van der Waals surface area contributed by atoms with Gasteiger partial charge < -0.3 is 15.5 Å². The second-order valence-corrected chi connectivity index (χ2v) is 4.03. The number of hydrogen-bond acceptors (Lipinski definition) is 7. The van der Waals surface area contributed by atoms with Crippen LogP contribution in [-0.2, 0) is 4.79 Å². The Morgan fingerprint density at radius 2 is 2.00 bits per heavy atom. The number of nitrogens with zero attached hydrogens (tertiary/aromatic N) is 4. The molecule has 0 saturated heterocycles. The molecule has 104 valence electrons. The zero-order chi connectivity index (χ0) is 14.6. The van der Waals surface area contributed by atoms with Crippen LogP contribution in [0.1, 0.15) is 6.92 Å². The monoisotopic (exact) mass is 268 g/mol. The number of anilines is 2. The van der Waals surface area contributed by atoms with E-state index < -0.39 is 11.0 Å².